The summed E-state index contributed by atoms with van der Waals surface area (Å²) in [5.41, 5.74) is 1.04. The number of nitrogens with one attached hydrogen (secondary N) is 1. The molecule has 4 nitrogen and oxygen atoms in total. The highest BCUT2D eigenvalue weighted by molar-refractivity contribution is 9.10. The molecule has 1 rings (SSSR count). The molecule has 0 aromatic heterocycles. The molecule has 0 heterocycles. The molecule has 0 fully saturated rings. The molecule has 1 aromatic rings. The van der Waals surface area contributed by atoms with Gasteiger partial charge in [0.05, 0.1) is 6.61 Å². The Kier molecular flexibility index (Phi) is 7.38. The molecule has 0 saturated carbocycles. The molecule has 1 aromatic carbocycles. The topological polar surface area (TPSA) is 61.7 Å². The first kappa shape index (κ1) is 16.4. The largest absolute Gasteiger partial charge is 0.490 e. The van der Waals surface area contributed by atoms with Gasteiger partial charge in [-0.05, 0) is 38.1 Å². The summed E-state index contributed by atoms with van der Waals surface area (Å²) in [4.78, 5) is 0. The van der Waals surface area contributed by atoms with Gasteiger partial charge in [0.25, 0.3) is 0 Å². The number of ether oxygens (including phenoxy) is 1. The van der Waals surface area contributed by atoms with Gasteiger partial charge in [-0.15, -0.1) is 0 Å². The Bertz CT molecular complexity index is 387. The fourth-order valence-electron chi connectivity index (χ4n) is 1.70. The van der Waals surface area contributed by atoms with Crippen LogP contribution >= 0.6 is 15.9 Å². The Morgan fingerprint density at radius 2 is 2.16 bits per heavy atom. The number of halogens is 1. The molecule has 2 unspecified atom stereocenters. The smallest absolute Gasteiger partial charge is 0.124 e. The highest BCUT2D eigenvalue weighted by Gasteiger charge is 2.13. The maximum atomic E-state index is 9.34. The molecule has 108 valence electrons. The summed E-state index contributed by atoms with van der Waals surface area (Å²) in [5, 5.41) is 21.6. The van der Waals surface area contributed by atoms with Crippen molar-refractivity contribution in [3.05, 3.63) is 28.2 Å². The summed E-state index contributed by atoms with van der Waals surface area (Å²) in [6.45, 7) is 4.93. The highest BCUT2D eigenvalue weighted by Crippen LogP contribution is 2.28. The van der Waals surface area contributed by atoms with Gasteiger partial charge >= 0.3 is 0 Å². The minimum atomic E-state index is -0.851. The lowest BCUT2D eigenvalue weighted by atomic mass is 10.1. The molecule has 0 spiro atoms. The van der Waals surface area contributed by atoms with E-state index >= 15 is 0 Å². The number of benzene rings is 1. The predicted molar refractivity (Wildman–Crippen MR) is 79.4 cm³/mol. The molecule has 19 heavy (non-hydrogen) atoms. The van der Waals surface area contributed by atoms with E-state index in [2.05, 4.69) is 35.1 Å². The van der Waals surface area contributed by atoms with Crippen LogP contribution in [0.1, 0.15) is 31.9 Å². The highest BCUT2D eigenvalue weighted by atomic mass is 79.9. The summed E-state index contributed by atoms with van der Waals surface area (Å²) >= 11 is 3.45. The third kappa shape index (κ3) is 5.48. The van der Waals surface area contributed by atoms with E-state index in [1.807, 2.05) is 18.2 Å². The van der Waals surface area contributed by atoms with E-state index in [4.69, 9.17) is 9.84 Å². The number of aliphatic hydroxyl groups is 2. The third-order valence-corrected chi connectivity index (χ3v) is 3.27. The summed E-state index contributed by atoms with van der Waals surface area (Å²) in [5.74, 6) is 0.729. The minimum absolute atomic E-state index is 0.0889. The Morgan fingerprint density at radius 1 is 1.42 bits per heavy atom. The van der Waals surface area contributed by atoms with Crippen molar-refractivity contribution in [2.75, 3.05) is 19.8 Å². The van der Waals surface area contributed by atoms with Crippen molar-refractivity contribution < 1.29 is 14.9 Å². The van der Waals surface area contributed by atoms with Crippen LogP contribution in [0.2, 0.25) is 0 Å². The lowest BCUT2D eigenvalue weighted by molar-refractivity contribution is 0.0531. The van der Waals surface area contributed by atoms with E-state index in [9.17, 15) is 5.11 Å². The van der Waals surface area contributed by atoms with E-state index < -0.39 is 6.10 Å². The molecule has 2 atom stereocenters. The molecule has 5 heteroatoms. The monoisotopic (exact) mass is 331 g/mol. The van der Waals surface area contributed by atoms with Gasteiger partial charge in [-0.3, -0.25) is 0 Å². The lowest BCUT2D eigenvalue weighted by Gasteiger charge is -2.19. The molecule has 0 aliphatic carbocycles. The van der Waals surface area contributed by atoms with Gasteiger partial charge < -0.3 is 20.3 Å². The van der Waals surface area contributed by atoms with Crippen molar-refractivity contribution in [1.82, 2.24) is 5.32 Å². The molecule has 0 aliphatic rings. The van der Waals surface area contributed by atoms with Crippen molar-refractivity contribution in [3.63, 3.8) is 0 Å². The van der Waals surface area contributed by atoms with Gasteiger partial charge in [-0.2, -0.15) is 0 Å². The molecular weight excluding hydrogens is 310 g/mol. The Hall–Kier alpha value is -0.620. The zero-order valence-electron chi connectivity index (χ0n) is 11.4. The fourth-order valence-corrected chi connectivity index (χ4v) is 2.08. The number of hydrogen-bond donors (Lipinski definition) is 3. The summed E-state index contributed by atoms with van der Waals surface area (Å²) in [6.07, 6.45) is 0.216. The maximum absolute atomic E-state index is 9.34. The quantitative estimate of drug-likeness (QED) is 0.683. The maximum Gasteiger partial charge on any atom is 0.124 e. The summed E-state index contributed by atoms with van der Waals surface area (Å²) in [6, 6.07) is 5.94. The average Bonchev–Trinajstić information content (AvgIpc) is 2.42. The third-order valence-electron chi connectivity index (χ3n) is 2.78. The lowest BCUT2D eigenvalue weighted by Crippen LogP contribution is -2.23. The normalized spacial score (nSPS) is 14.2. The van der Waals surface area contributed by atoms with Crippen LogP contribution in [0, 0.1) is 0 Å². The van der Waals surface area contributed by atoms with Crippen molar-refractivity contribution in [2.24, 2.45) is 0 Å². The SMILES string of the molecule is CCCNC(C)c1cc(Br)ccc1OCC(O)CO. The molecule has 0 bridgehead atoms. The minimum Gasteiger partial charge on any atom is -0.490 e. The van der Waals surface area contributed by atoms with Crippen LogP contribution in [0.25, 0.3) is 0 Å². The second-order valence-electron chi connectivity index (χ2n) is 4.51. The van der Waals surface area contributed by atoms with E-state index in [1.165, 1.54) is 0 Å². The average molecular weight is 332 g/mol. The van der Waals surface area contributed by atoms with Gasteiger partial charge in [0.2, 0.25) is 0 Å². The van der Waals surface area contributed by atoms with Crippen LogP contribution in [0.15, 0.2) is 22.7 Å². The van der Waals surface area contributed by atoms with E-state index in [0.29, 0.717) is 0 Å². The van der Waals surface area contributed by atoms with E-state index in [0.717, 1.165) is 28.8 Å². The van der Waals surface area contributed by atoms with Crippen molar-refractivity contribution in [3.8, 4) is 5.75 Å². The van der Waals surface area contributed by atoms with Crippen LogP contribution in [0.3, 0.4) is 0 Å². The second kappa shape index (κ2) is 8.53. The van der Waals surface area contributed by atoms with Crippen LogP contribution in [0.5, 0.6) is 5.75 Å². The Morgan fingerprint density at radius 3 is 2.79 bits per heavy atom. The Balaban J connectivity index is 2.78. The molecule has 0 saturated heterocycles. The van der Waals surface area contributed by atoms with Crippen molar-refractivity contribution in [2.45, 2.75) is 32.4 Å². The second-order valence-corrected chi connectivity index (χ2v) is 5.42. The first-order valence-electron chi connectivity index (χ1n) is 6.53. The van der Waals surface area contributed by atoms with Gasteiger partial charge in [-0.1, -0.05) is 22.9 Å². The van der Waals surface area contributed by atoms with Crippen LogP contribution in [0.4, 0.5) is 0 Å². The molecule has 0 aliphatic heterocycles. The zero-order chi connectivity index (χ0) is 14.3. The number of hydrogen-bond acceptors (Lipinski definition) is 4. The summed E-state index contributed by atoms with van der Waals surface area (Å²) < 4.78 is 6.56. The van der Waals surface area contributed by atoms with E-state index in [-0.39, 0.29) is 19.3 Å². The predicted octanol–water partition coefficient (Wildman–Crippen LogP) is 2.24. The first-order chi connectivity index (χ1) is 9.08. The van der Waals surface area contributed by atoms with Gasteiger partial charge in [0.15, 0.2) is 0 Å². The molecule has 0 amide bonds. The van der Waals surface area contributed by atoms with Crippen LogP contribution in [-0.2, 0) is 0 Å². The molecular formula is C14H22BrNO3. The van der Waals surface area contributed by atoms with Gasteiger partial charge in [0, 0.05) is 16.1 Å². The van der Waals surface area contributed by atoms with Crippen LogP contribution in [-0.4, -0.2) is 36.1 Å². The zero-order valence-corrected chi connectivity index (χ0v) is 13.0. The van der Waals surface area contributed by atoms with E-state index in [1.54, 1.807) is 0 Å². The van der Waals surface area contributed by atoms with Gasteiger partial charge in [0.1, 0.15) is 18.5 Å². The molecule has 3 N–H and O–H groups in total. The standard InChI is InChI=1S/C14H22BrNO3/c1-3-6-16-10(2)13-7-11(15)4-5-14(13)19-9-12(18)8-17/h4-5,7,10,12,16-18H,3,6,8-9H2,1-2H3. The Labute approximate surface area is 122 Å². The van der Waals surface area contributed by atoms with Crippen LogP contribution < -0.4 is 10.1 Å². The van der Waals surface area contributed by atoms with Gasteiger partial charge in [-0.25, -0.2) is 0 Å². The fraction of sp³-hybridized carbons (Fsp3) is 0.571. The van der Waals surface area contributed by atoms with Crippen molar-refractivity contribution >= 4 is 15.9 Å². The first-order valence-corrected chi connectivity index (χ1v) is 7.32. The summed E-state index contributed by atoms with van der Waals surface area (Å²) in [7, 11) is 0. The molecule has 0 radical (unpaired) electrons. The van der Waals surface area contributed by atoms with Crippen molar-refractivity contribution in [1.29, 1.82) is 0 Å². The number of aliphatic hydroxyl groups excluding tert-OH is 2. The number of rotatable bonds is 8.